The van der Waals surface area contributed by atoms with Crippen LogP contribution in [0, 0.1) is 10.1 Å². The molecule has 10 heteroatoms. The fourth-order valence-electron chi connectivity index (χ4n) is 3.31. The summed E-state index contributed by atoms with van der Waals surface area (Å²) < 4.78 is 16.1. The van der Waals surface area contributed by atoms with E-state index >= 15 is 0 Å². The van der Waals surface area contributed by atoms with Gasteiger partial charge in [0, 0.05) is 18.6 Å². The van der Waals surface area contributed by atoms with E-state index in [0.29, 0.717) is 28.4 Å². The molecule has 1 atom stereocenters. The Morgan fingerprint density at radius 1 is 1.10 bits per heavy atom. The number of nitrogens with zero attached hydrogens (tertiary/aromatic N) is 2. The molecule has 0 fully saturated rings. The maximum atomic E-state index is 12.8. The Morgan fingerprint density at radius 3 is 2.10 bits per heavy atom. The van der Waals surface area contributed by atoms with Crippen molar-refractivity contribution >= 4 is 17.6 Å². The van der Waals surface area contributed by atoms with Gasteiger partial charge < -0.3 is 19.9 Å². The summed E-state index contributed by atoms with van der Waals surface area (Å²) in [5, 5.41) is 13.5. The number of benzene rings is 2. The lowest BCUT2D eigenvalue weighted by Gasteiger charge is -2.25. The first-order valence-electron chi connectivity index (χ1n) is 8.55. The lowest BCUT2D eigenvalue weighted by Crippen LogP contribution is -2.40. The zero-order chi connectivity index (χ0) is 21.2. The van der Waals surface area contributed by atoms with Gasteiger partial charge in [0.05, 0.1) is 26.3 Å². The second-order valence-electron chi connectivity index (χ2n) is 6.33. The van der Waals surface area contributed by atoms with E-state index in [1.165, 1.54) is 45.6 Å². The van der Waals surface area contributed by atoms with Crippen molar-refractivity contribution in [3.8, 4) is 17.2 Å². The first-order valence-corrected chi connectivity index (χ1v) is 8.55. The average molecular weight is 400 g/mol. The van der Waals surface area contributed by atoms with E-state index in [4.69, 9.17) is 19.9 Å². The van der Waals surface area contributed by atoms with Crippen molar-refractivity contribution in [3.63, 3.8) is 0 Å². The number of nitrogens with two attached hydrogens (primary N) is 1. The van der Waals surface area contributed by atoms with Gasteiger partial charge in [-0.2, -0.15) is 0 Å². The number of aliphatic imine (C=N–C) groups is 1. The maximum Gasteiger partial charge on any atom is 0.269 e. The Kier molecular flexibility index (Phi) is 5.26. The van der Waals surface area contributed by atoms with Gasteiger partial charge in [0.2, 0.25) is 5.75 Å². The fraction of sp³-hybridized carbons (Fsp3) is 0.263. The summed E-state index contributed by atoms with van der Waals surface area (Å²) in [6.07, 6.45) is 0.119. The maximum absolute atomic E-state index is 12.8. The van der Waals surface area contributed by atoms with E-state index in [2.05, 4.69) is 10.3 Å². The number of non-ortho nitro benzene ring substituents is 1. The molecular weight excluding hydrogens is 380 g/mol. The number of rotatable bonds is 7. The molecule has 0 aliphatic carbocycles. The number of hydrogen-bond acceptors (Lipinski definition) is 8. The number of nitro groups is 1. The number of carbonyl (C=O) groups is 1. The molecule has 3 rings (SSSR count). The second-order valence-corrected chi connectivity index (χ2v) is 6.33. The number of ether oxygens (including phenoxy) is 3. The number of nitro benzene ring substituents is 1. The second kappa shape index (κ2) is 7.66. The van der Waals surface area contributed by atoms with Crippen molar-refractivity contribution < 1.29 is 23.9 Å². The van der Waals surface area contributed by atoms with E-state index in [-0.39, 0.29) is 18.1 Å². The Hall–Kier alpha value is -3.82. The first-order chi connectivity index (χ1) is 13.8. The molecule has 0 saturated carbocycles. The predicted molar refractivity (Wildman–Crippen MR) is 104 cm³/mol. The van der Waals surface area contributed by atoms with Crippen LogP contribution in [-0.2, 0) is 16.8 Å². The molecule has 29 heavy (non-hydrogen) atoms. The minimum atomic E-state index is -1.39. The quantitative estimate of drug-likeness (QED) is 0.530. The summed E-state index contributed by atoms with van der Waals surface area (Å²) >= 11 is 0. The number of methoxy groups -OCH3 is 3. The normalized spacial score (nSPS) is 18.0. The van der Waals surface area contributed by atoms with Crippen LogP contribution in [0.25, 0.3) is 0 Å². The Bertz CT molecular complexity index is 964. The van der Waals surface area contributed by atoms with Gasteiger partial charge in [-0.25, -0.2) is 4.99 Å². The highest BCUT2D eigenvalue weighted by Gasteiger charge is 2.45. The van der Waals surface area contributed by atoms with Crippen LogP contribution in [0.2, 0.25) is 0 Å². The summed E-state index contributed by atoms with van der Waals surface area (Å²) in [6, 6.07) is 9.07. The third kappa shape index (κ3) is 3.51. The van der Waals surface area contributed by atoms with Crippen LogP contribution in [0.3, 0.4) is 0 Å². The van der Waals surface area contributed by atoms with Gasteiger partial charge in [-0.1, -0.05) is 0 Å². The SMILES string of the molecule is COc1cc(C[C@]2(c3ccc([N+](=O)[O-])cc3)N=C(N)NC2=O)cc(OC)c1OC. The topological polar surface area (TPSA) is 138 Å². The molecule has 3 N–H and O–H groups in total. The van der Waals surface area contributed by atoms with Crippen molar-refractivity contribution in [2.24, 2.45) is 10.7 Å². The van der Waals surface area contributed by atoms with Crippen molar-refractivity contribution in [3.05, 3.63) is 57.6 Å². The lowest BCUT2D eigenvalue weighted by atomic mass is 9.83. The zero-order valence-electron chi connectivity index (χ0n) is 16.1. The fourth-order valence-corrected chi connectivity index (χ4v) is 3.31. The molecule has 0 unspecified atom stereocenters. The molecule has 1 aliphatic rings. The van der Waals surface area contributed by atoms with Gasteiger partial charge in [-0.15, -0.1) is 0 Å². The van der Waals surface area contributed by atoms with E-state index in [9.17, 15) is 14.9 Å². The summed E-state index contributed by atoms with van der Waals surface area (Å²) in [5.41, 5.74) is 5.43. The third-order valence-electron chi connectivity index (χ3n) is 4.67. The van der Waals surface area contributed by atoms with Crippen LogP contribution < -0.4 is 25.3 Å². The van der Waals surface area contributed by atoms with Crippen LogP contribution in [0.15, 0.2) is 41.4 Å². The van der Waals surface area contributed by atoms with Crippen molar-refractivity contribution in [2.75, 3.05) is 21.3 Å². The van der Waals surface area contributed by atoms with Crippen LogP contribution in [0.1, 0.15) is 11.1 Å². The monoisotopic (exact) mass is 400 g/mol. The van der Waals surface area contributed by atoms with E-state index in [0.717, 1.165) is 0 Å². The first kappa shape index (κ1) is 19.9. The Balaban J connectivity index is 2.11. The van der Waals surface area contributed by atoms with Gasteiger partial charge in [0.15, 0.2) is 23.0 Å². The minimum Gasteiger partial charge on any atom is -0.493 e. The molecule has 1 aliphatic heterocycles. The highest BCUT2D eigenvalue weighted by atomic mass is 16.6. The van der Waals surface area contributed by atoms with E-state index in [1.807, 2.05) is 0 Å². The summed E-state index contributed by atoms with van der Waals surface area (Å²) in [4.78, 5) is 27.6. The third-order valence-corrected chi connectivity index (χ3v) is 4.67. The summed E-state index contributed by atoms with van der Waals surface area (Å²) in [7, 11) is 4.48. The van der Waals surface area contributed by atoms with Crippen molar-refractivity contribution in [2.45, 2.75) is 12.0 Å². The molecule has 0 spiro atoms. The molecule has 0 saturated heterocycles. The van der Waals surface area contributed by atoms with Gasteiger partial charge in [-0.3, -0.25) is 20.2 Å². The average Bonchev–Trinajstić information content (AvgIpc) is 3.00. The number of hydrogen-bond donors (Lipinski definition) is 2. The molecule has 0 aromatic heterocycles. The van der Waals surface area contributed by atoms with Gasteiger partial charge in [0.1, 0.15) is 0 Å². The van der Waals surface area contributed by atoms with Gasteiger partial charge in [0.25, 0.3) is 11.6 Å². The number of guanidine groups is 1. The van der Waals surface area contributed by atoms with Crippen molar-refractivity contribution in [1.29, 1.82) is 0 Å². The molecule has 2 aromatic rings. The Labute approximate surface area is 166 Å². The van der Waals surface area contributed by atoms with E-state index < -0.39 is 16.4 Å². The van der Waals surface area contributed by atoms with E-state index in [1.54, 1.807) is 12.1 Å². The molecule has 2 aromatic carbocycles. The summed E-state index contributed by atoms with van der Waals surface area (Å²) in [5.74, 6) is 0.813. The standard InChI is InChI=1S/C19H20N4O6/c1-27-14-8-11(9-15(28-2)16(14)29-3)10-19(17(24)21-18(20)22-19)12-4-6-13(7-5-12)23(25)26/h4-9H,10H2,1-3H3,(H3,20,21,22,24)/t19-/m1/s1. The van der Waals surface area contributed by atoms with Crippen LogP contribution in [0.5, 0.6) is 17.2 Å². The molecule has 1 amide bonds. The van der Waals surface area contributed by atoms with Gasteiger partial charge >= 0.3 is 0 Å². The van der Waals surface area contributed by atoms with Crippen LogP contribution in [-0.4, -0.2) is 38.1 Å². The number of nitrogens with one attached hydrogen (secondary N) is 1. The van der Waals surface area contributed by atoms with Gasteiger partial charge in [-0.05, 0) is 35.4 Å². The minimum absolute atomic E-state index is 0.0270. The van der Waals surface area contributed by atoms with Crippen LogP contribution >= 0.6 is 0 Å². The number of amides is 1. The molecule has 0 radical (unpaired) electrons. The zero-order valence-corrected chi connectivity index (χ0v) is 16.1. The highest BCUT2D eigenvalue weighted by molar-refractivity contribution is 6.07. The smallest absolute Gasteiger partial charge is 0.269 e. The van der Waals surface area contributed by atoms with Crippen molar-refractivity contribution in [1.82, 2.24) is 5.32 Å². The Morgan fingerprint density at radius 2 is 1.69 bits per heavy atom. The van der Waals surface area contributed by atoms with Crippen LogP contribution in [0.4, 0.5) is 5.69 Å². The molecule has 0 bridgehead atoms. The highest BCUT2D eigenvalue weighted by Crippen LogP contribution is 2.41. The lowest BCUT2D eigenvalue weighted by molar-refractivity contribution is -0.384. The molecular formula is C19H20N4O6. The predicted octanol–water partition coefficient (Wildman–Crippen LogP) is 1.50. The number of carbonyl (C=O) groups excluding carboxylic acids is 1. The summed E-state index contributed by atoms with van der Waals surface area (Å²) in [6.45, 7) is 0. The molecule has 152 valence electrons. The molecule has 10 nitrogen and oxygen atoms in total. The molecule has 1 heterocycles. The largest absolute Gasteiger partial charge is 0.493 e.